The number of aryl methyl sites for hydroxylation is 2. The van der Waals surface area contributed by atoms with Gasteiger partial charge in [-0.05, 0) is 56.7 Å². The topological polar surface area (TPSA) is 69.7 Å². The summed E-state index contributed by atoms with van der Waals surface area (Å²) < 4.78 is 0. The van der Waals surface area contributed by atoms with Crippen molar-refractivity contribution in [3.8, 4) is 0 Å². The highest BCUT2D eigenvalue weighted by Gasteiger charge is 2.44. The van der Waals surface area contributed by atoms with Crippen LogP contribution in [0.1, 0.15) is 18.1 Å². The first-order valence-electron chi connectivity index (χ1n) is 8.55. The van der Waals surface area contributed by atoms with Gasteiger partial charge >= 0.3 is 6.03 Å². The van der Waals surface area contributed by atoms with Crippen molar-refractivity contribution in [1.82, 2.24) is 4.90 Å². The Balaban J connectivity index is 1.74. The first kappa shape index (κ1) is 18.9. The monoisotopic (exact) mass is 385 g/mol. The zero-order valence-corrected chi connectivity index (χ0v) is 16.1. The van der Waals surface area contributed by atoms with Gasteiger partial charge < -0.3 is 5.32 Å². The van der Waals surface area contributed by atoms with E-state index < -0.39 is 23.9 Å². The largest absolute Gasteiger partial charge is 0.332 e. The number of rotatable bonds is 4. The molecule has 6 nitrogen and oxygen atoms in total. The average Bonchev–Trinajstić information content (AvgIpc) is 2.82. The molecule has 1 unspecified atom stereocenters. The highest BCUT2D eigenvalue weighted by Crippen LogP contribution is 2.26. The van der Waals surface area contributed by atoms with E-state index in [9.17, 15) is 14.4 Å². The molecule has 2 aromatic carbocycles. The highest BCUT2D eigenvalue weighted by molar-refractivity contribution is 6.30. The molecule has 1 saturated heterocycles. The van der Waals surface area contributed by atoms with Crippen LogP contribution in [0.25, 0.3) is 0 Å². The zero-order chi connectivity index (χ0) is 19.7. The van der Waals surface area contributed by atoms with E-state index in [0.717, 1.165) is 16.0 Å². The Bertz CT molecular complexity index is 911. The number of carbonyl (C=O) groups is 3. The molecule has 1 aliphatic rings. The molecule has 1 fully saturated rings. The third kappa shape index (κ3) is 3.80. The Morgan fingerprint density at radius 3 is 2.41 bits per heavy atom. The number of nitrogens with zero attached hydrogens (tertiary/aromatic N) is 2. The Labute approximate surface area is 162 Å². The standard InChI is InChI=1S/C20H20ClN3O3/c1-12-4-7-16(8-5-12)24-14(3)19(26)23(20(24)27)11-18(25)22-17-9-6-15(21)10-13(17)2/h4-10,14H,11H2,1-3H3,(H,22,25). The SMILES string of the molecule is Cc1ccc(N2C(=O)N(CC(=O)Nc3ccc(Cl)cc3C)C(=O)C2C)cc1. The van der Waals surface area contributed by atoms with Crippen LogP contribution in [0, 0.1) is 13.8 Å². The van der Waals surface area contributed by atoms with Gasteiger partial charge in [0.2, 0.25) is 5.91 Å². The minimum Gasteiger partial charge on any atom is -0.324 e. The molecule has 0 spiro atoms. The summed E-state index contributed by atoms with van der Waals surface area (Å²) in [7, 11) is 0. The molecule has 140 valence electrons. The lowest BCUT2D eigenvalue weighted by molar-refractivity contribution is -0.130. The molecule has 1 aliphatic heterocycles. The summed E-state index contributed by atoms with van der Waals surface area (Å²) in [6.07, 6.45) is 0. The van der Waals surface area contributed by atoms with Crippen molar-refractivity contribution < 1.29 is 14.4 Å². The summed E-state index contributed by atoms with van der Waals surface area (Å²) >= 11 is 5.91. The fraction of sp³-hybridized carbons (Fsp3) is 0.250. The molecule has 7 heteroatoms. The van der Waals surface area contributed by atoms with Crippen LogP contribution in [0.2, 0.25) is 5.02 Å². The lowest BCUT2D eigenvalue weighted by Crippen LogP contribution is -2.39. The Kier molecular flexibility index (Phi) is 5.19. The quantitative estimate of drug-likeness (QED) is 0.815. The van der Waals surface area contributed by atoms with Gasteiger partial charge in [0.05, 0.1) is 0 Å². The minimum absolute atomic E-state index is 0.341. The average molecular weight is 386 g/mol. The summed E-state index contributed by atoms with van der Waals surface area (Å²) in [5, 5.41) is 3.29. The van der Waals surface area contributed by atoms with Crippen LogP contribution in [0.4, 0.5) is 16.2 Å². The molecule has 1 heterocycles. The van der Waals surface area contributed by atoms with E-state index in [-0.39, 0.29) is 6.54 Å². The number of benzene rings is 2. The van der Waals surface area contributed by atoms with Gasteiger partial charge in [-0.2, -0.15) is 0 Å². The van der Waals surface area contributed by atoms with E-state index in [1.165, 1.54) is 4.90 Å². The van der Waals surface area contributed by atoms with Crippen molar-refractivity contribution in [2.24, 2.45) is 0 Å². The summed E-state index contributed by atoms with van der Waals surface area (Å²) in [5.41, 5.74) is 3.07. The number of halogens is 1. The van der Waals surface area contributed by atoms with Crippen LogP contribution in [0.5, 0.6) is 0 Å². The van der Waals surface area contributed by atoms with E-state index in [0.29, 0.717) is 16.4 Å². The van der Waals surface area contributed by atoms with Gasteiger partial charge in [0.1, 0.15) is 12.6 Å². The van der Waals surface area contributed by atoms with E-state index in [4.69, 9.17) is 11.6 Å². The lowest BCUT2D eigenvalue weighted by atomic mass is 10.2. The second-order valence-electron chi connectivity index (χ2n) is 6.60. The van der Waals surface area contributed by atoms with Crippen LogP contribution in [0.3, 0.4) is 0 Å². The smallest absolute Gasteiger partial charge is 0.324 e. The van der Waals surface area contributed by atoms with E-state index >= 15 is 0 Å². The minimum atomic E-state index is -0.662. The fourth-order valence-electron chi connectivity index (χ4n) is 3.01. The maximum absolute atomic E-state index is 12.7. The van der Waals surface area contributed by atoms with E-state index in [1.54, 1.807) is 37.3 Å². The van der Waals surface area contributed by atoms with Gasteiger partial charge in [-0.25, -0.2) is 4.79 Å². The number of imide groups is 1. The van der Waals surface area contributed by atoms with Gasteiger partial charge in [-0.15, -0.1) is 0 Å². The third-order valence-electron chi connectivity index (χ3n) is 4.52. The van der Waals surface area contributed by atoms with Crippen molar-refractivity contribution in [1.29, 1.82) is 0 Å². The lowest BCUT2D eigenvalue weighted by Gasteiger charge is -2.19. The summed E-state index contributed by atoms with van der Waals surface area (Å²) in [6, 6.07) is 11.2. The molecule has 2 aromatic rings. The number of nitrogens with one attached hydrogen (secondary N) is 1. The van der Waals surface area contributed by atoms with Gasteiger partial charge in [0.25, 0.3) is 5.91 Å². The predicted octanol–water partition coefficient (Wildman–Crippen LogP) is 3.75. The number of hydrogen-bond acceptors (Lipinski definition) is 3. The zero-order valence-electron chi connectivity index (χ0n) is 15.3. The highest BCUT2D eigenvalue weighted by atomic mass is 35.5. The van der Waals surface area contributed by atoms with Crippen molar-refractivity contribution in [2.75, 3.05) is 16.8 Å². The molecular formula is C20H20ClN3O3. The predicted molar refractivity (Wildman–Crippen MR) is 105 cm³/mol. The molecule has 0 aliphatic carbocycles. The van der Waals surface area contributed by atoms with Gasteiger partial charge in [0.15, 0.2) is 0 Å². The van der Waals surface area contributed by atoms with Crippen LogP contribution in [-0.4, -0.2) is 35.3 Å². The molecule has 1 N–H and O–H groups in total. The van der Waals surface area contributed by atoms with Crippen LogP contribution < -0.4 is 10.2 Å². The second kappa shape index (κ2) is 7.40. The van der Waals surface area contributed by atoms with Crippen molar-refractivity contribution in [3.05, 3.63) is 58.6 Å². The summed E-state index contributed by atoms with van der Waals surface area (Å²) in [4.78, 5) is 40.0. The molecule has 1 atom stereocenters. The normalized spacial score (nSPS) is 16.8. The number of amides is 4. The molecule has 4 amide bonds. The van der Waals surface area contributed by atoms with Crippen LogP contribution in [-0.2, 0) is 9.59 Å². The molecular weight excluding hydrogens is 366 g/mol. The van der Waals surface area contributed by atoms with Crippen LogP contribution >= 0.6 is 11.6 Å². The van der Waals surface area contributed by atoms with E-state index in [2.05, 4.69) is 5.32 Å². The third-order valence-corrected chi connectivity index (χ3v) is 4.76. The number of carbonyl (C=O) groups excluding carboxylic acids is 3. The van der Waals surface area contributed by atoms with Gasteiger partial charge in [-0.3, -0.25) is 19.4 Å². The van der Waals surface area contributed by atoms with Crippen LogP contribution in [0.15, 0.2) is 42.5 Å². The maximum atomic E-state index is 12.7. The summed E-state index contributed by atoms with van der Waals surface area (Å²) in [5.74, 6) is -0.844. The van der Waals surface area contributed by atoms with E-state index in [1.807, 2.05) is 26.0 Å². The number of urea groups is 1. The van der Waals surface area contributed by atoms with Gasteiger partial charge in [0, 0.05) is 16.4 Å². The maximum Gasteiger partial charge on any atom is 0.332 e. The molecule has 0 aromatic heterocycles. The Hall–Kier alpha value is -2.86. The van der Waals surface area contributed by atoms with Crippen molar-refractivity contribution in [3.63, 3.8) is 0 Å². The molecule has 0 saturated carbocycles. The first-order chi connectivity index (χ1) is 12.8. The van der Waals surface area contributed by atoms with Crippen molar-refractivity contribution >= 4 is 40.8 Å². The summed E-state index contributed by atoms with van der Waals surface area (Å²) in [6.45, 7) is 5.07. The van der Waals surface area contributed by atoms with Crippen molar-refractivity contribution in [2.45, 2.75) is 26.8 Å². The fourth-order valence-corrected chi connectivity index (χ4v) is 3.24. The molecule has 27 heavy (non-hydrogen) atoms. The molecule has 0 bridgehead atoms. The Morgan fingerprint density at radius 1 is 1.11 bits per heavy atom. The number of anilines is 2. The molecule has 3 rings (SSSR count). The first-order valence-corrected chi connectivity index (χ1v) is 8.93. The second-order valence-corrected chi connectivity index (χ2v) is 7.03. The van der Waals surface area contributed by atoms with Gasteiger partial charge in [-0.1, -0.05) is 29.3 Å². The molecule has 0 radical (unpaired) electrons. The Morgan fingerprint density at radius 2 is 1.78 bits per heavy atom. The number of hydrogen-bond donors (Lipinski definition) is 1.